The van der Waals surface area contributed by atoms with Gasteiger partial charge in [0.2, 0.25) is 0 Å². The van der Waals surface area contributed by atoms with Crippen LogP contribution in [0.1, 0.15) is 12.8 Å². The molecular weight excluding hydrogens is 132 g/mol. The average Bonchev–Trinajstić information content (AvgIpc) is 1.84. The molecule has 4 heteroatoms. The van der Waals surface area contributed by atoms with E-state index in [9.17, 15) is 0 Å². The highest BCUT2D eigenvalue weighted by Gasteiger charge is 2.30. The predicted molar refractivity (Wildman–Crippen MR) is 37.2 cm³/mol. The van der Waals surface area contributed by atoms with Crippen molar-refractivity contribution in [2.24, 2.45) is 11.5 Å². The Kier molecular flexibility index (Phi) is 2.25. The van der Waals surface area contributed by atoms with Crippen LogP contribution in [0.25, 0.3) is 0 Å². The molecule has 1 fully saturated rings. The smallest absolute Gasteiger partial charge is 0.0716 e. The van der Waals surface area contributed by atoms with Crippen molar-refractivity contribution >= 4 is 0 Å². The maximum absolute atomic E-state index is 9.13. The van der Waals surface area contributed by atoms with E-state index in [4.69, 9.17) is 21.7 Å². The molecule has 0 aromatic heterocycles. The Morgan fingerprint density at radius 2 is 1.30 bits per heavy atom. The van der Waals surface area contributed by atoms with Crippen LogP contribution in [0, 0.1) is 0 Å². The SMILES string of the molecule is NC1CC(N)C(O)CC1O. The quantitative estimate of drug-likeness (QED) is 0.323. The summed E-state index contributed by atoms with van der Waals surface area (Å²) in [5.41, 5.74) is 11.0. The van der Waals surface area contributed by atoms with Gasteiger partial charge in [0.1, 0.15) is 0 Å². The first-order valence-electron chi connectivity index (χ1n) is 3.48. The monoisotopic (exact) mass is 146 g/mol. The van der Waals surface area contributed by atoms with Crippen molar-refractivity contribution in [3.63, 3.8) is 0 Å². The highest BCUT2D eigenvalue weighted by molar-refractivity contribution is 4.89. The maximum atomic E-state index is 9.13. The normalized spacial score (nSPS) is 49.2. The molecule has 0 radical (unpaired) electrons. The van der Waals surface area contributed by atoms with Gasteiger partial charge in [0.25, 0.3) is 0 Å². The second-order valence-electron chi connectivity index (χ2n) is 2.93. The molecule has 6 N–H and O–H groups in total. The van der Waals surface area contributed by atoms with Gasteiger partial charge in [-0.3, -0.25) is 0 Å². The molecule has 4 nitrogen and oxygen atoms in total. The van der Waals surface area contributed by atoms with Crippen molar-refractivity contribution in [2.75, 3.05) is 0 Å². The summed E-state index contributed by atoms with van der Waals surface area (Å²) in [6.45, 7) is 0. The lowest BCUT2D eigenvalue weighted by atomic mass is 9.87. The minimum absolute atomic E-state index is 0.265. The fourth-order valence-electron chi connectivity index (χ4n) is 1.23. The number of hydrogen-bond donors (Lipinski definition) is 4. The molecule has 0 heterocycles. The van der Waals surface area contributed by atoms with Crippen LogP contribution in [-0.2, 0) is 0 Å². The van der Waals surface area contributed by atoms with E-state index in [0.717, 1.165) is 0 Å². The van der Waals surface area contributed by atoms with Crippen LogP contribution in [0.15, 0.2) is 0 Å². The van der Waals surface area contributed by atoms with E-state index in [1.54, 1.807) is 0 Å². The number of aliphatic hydroxyl groups excluding tert-OH is 2. The Morgan fingerprint density at radius 3 is 1.60 bits per heavy atom. The molecule has 0 aliphatic heterocycles. The molecule has 0 spiro atoms. The van der Waals surface area contributed by atoms with Gasteiger partial charge in [-0.15, -0.1) is 0 Å². The van der Waals surface area contributed by atoms with Crippen molar-refractivity contribution in [1.29, 1.82) is 0 Å². The zero-order valence-electron chi connectivity index (χ0n) is 5.77. The lowest BCUT2D eigenvalue weighted by Gasteiger charge is -2.32. The molecular formula is C6H14N2O2. The van der Waals surface area contributed by atoms with Gasteiger partial charge in [-0.1, -0.05) is 0 Å². The van der Waals surface area contributed by atoms with Crippen LogP contribution in [0.2, 0.25) is 0 Å². The third-order valence-electron chi connectivity index (χ3n) is 2.02. The van der Waals surface area contributed by atoms with E-state index >= 15 is 0 Å². The van der Waals surface area contributed by atoms with Gasteiger partial charge in [-0.05, 0) is 6.42 Å². The highest BCUT2D eigenvalue weighted by atomic mass is 16.3. The van der Waals surface area contributed by atoms with Gasteiger partial charge in [0.05, 0.1) is 12.2 Å². The minimum atomic E-state index is -0.588. The molecule has 0 saturated heterocycles. The van der Waals surface area contributed by atoms with E-state index in [1.165, 1.54) is 0 Å². The molecule has 0 amide bonds. The van der Waals surface area contributed by atoms with Crippen LogP contribution < -0.4 is 11.5 Å². The standard InChI is InChI=1S/C6H14N2O2/c7-3-1-4(8)6(10)2-5(3)9/h3-6,9-10H,1-2,7-8H2. The summed E-state index contributed by atoms with van der Waals surface area (Å²) < 4.78 is 0. The number of nitrogens with two attached hydrogens (primary N) is 2. The first kappa shape index (κ1) is 7.94. The van der Waals surface area contributed by atoms with Gasteiger partial charge >= 0.3 is 0 Å². The van der Waals surface area contributed by atoms with E-state index in [1.807, 2.05) is 0 Å². The Bertz CT molecular complexity index is 94.3. The minimum Gasteiger partial charge on any atom is -0.391 e. The Morgan fingerprint density at radius 1 is 0.900 bits per heavy atom. The molecule has 4 unspecified atom stereocenters. The van der Waals surface area contributed by atoms with Crippen molar-refractivity contribution in [1.82, 2.24) is 0 Å². The fourth-order valence-corrected chi connectivity index (χ4v) is 1.23. The Labute approximate surface area is 59.8 Å². The van der Waals surface area contributed by atoms with E-state index in [-0.39, 0.29) is 12.1 Å². The molecule has 1 rings (SSSR count). The number of hydrogen-bond acceptors (Lipinski definition) is 4. The van der Waals surface area contributed by atoms with Crippen LogP contribution in [0.5, 0.6) is 0 Å². The summed E-state index contributed by atoms with van der Waals surface area (Å²) in [7, 11) is 0. The summed E-state index contributed by atoms with van der Waals surface area (Å²) in [5, 5.41) is 18.3. The lowest BCUT2D eigenvalue weighted by molar-refractivity contribution is 0.0145. The fraction of sp³-hybridized carbons (Fsp3) is 1.00. The summed E-state index contributed by atoms with van der Waals surface area (Å²) in [6.07, 6.45) is -0.366. The van der Waals surface area contributed by atoms with Crippen LogP contribution >= 0.6 is 0 Å². The van der Waals surface area contributed by atoms with Crippen molar-refractivity contribution in [3.8, 4) is 0 Å². The predicted octanol–water partition coefficient (Wildman–Crippen LogP) is -1.84. The van der Waals surface area contributed by atoms with E-state index in [2.05, 4.69) is 0 Å². The average molecular weight is 146 g/mol. The summed E-state index contributed by atoms with van der Waals surface area (Å²) >= 11 is 0. The first-order valence-corrected chi connectivity index (χ1v) is 3.48. The van der Waals surface area contributed by atoms with Gasteiger partial charge in [0, 0.05) is 18.5 Å². The first-order chi connectivity index (χ1) is 4.61. The van der Waals surface area contributed by atoms with Crippen molar-refractivity contribution in [3.05, 3.63) is 0 Å². The Hall–Kier alpha value is -0.160. The zero-order valence-corrected chi connectivity index (χ0v) is 5.77. The van der Waals surface area contributed by atoms with E-state index in [0.29, 0.717) is 12.8 Å². The second kappa shape index (κ2) is 2.84. The number of aliphatic hydroxyl groups is 2. The molecule has 1 saturated carbocycles. The van der Waals surface area contributed by atoms with Crippen molar-refractivity contribution < 1.29 is 10.2 Å². The lowest BCUT2D eigenvalue weighted by Crippen LogP contribution is -2.52. The zero-order chi connectivity index (χ0) is 7.72. The summed E-state index contributed by atoms with van der Waals surface area (Å²) in [4.78, 5) is 0. The van der Waals surface area contributed by atoms with Crippen LogP contribution in [0.3, 0.4) is 0 Å². The molecule has 60 valence electrons. The third kappa shape index (κ3) is 1.46. The molecule has 0 bridgehead atoms. The van der Waals surface area contributed by atoms with Crippen LogP contribution in [0.4, 0.5) is 0 Å². The second-order valence-corrected chi connectivity index (χ2v) is 2.93. The van der Waals surface area contributed by atoms with Gasteiger partial charge in [0.15, 0.2) is 0 Å². The summed E-state index contributed by atoms with van der Waals surface area (Å²) in [6, 6.07) is -0.531. The largest absolute Gasteiger partial charge is 0.391 e. The molecule has 0 aromatic rings. The third-order valence-corrected chi connectivity index (χ3v) is 2.02. The van der Waals surface area contributed by atoms with Gasteiger partial charge < -0.3 is 21.7 Å². The van der Waals surface area contributed by atoms with Crippen LogP contribution in [-0.4, -0.2) is 34.5 Å². The molecule has 1 aliphatic carbocycles. The van der Waals surface area contributed by atoms with Crippen molar-refractivity contribution in [2.45, 2.75) is 37.1 Å². The van der Waals surface area contributed by atoms with E-state index < -0.39 is 12.2 Å². The van der Waals surface area contributed by atoms with Gasteiger partial charge in [-0.25, -0.2) is 0 Å². The molecule has 4 atom stereocenters. The maximum Gasteiger partial charge on any atom is 0.0716 e. The number of rotatable bonds is 0. The highest BCUT2D eigenvalue weighted by Crippen LogP contribution is 2.16. The molecule has 10 heavy (non-hydrogen) atoms. The molecule has 0 aromatic carbocycles. The Balaban J connectivity index is 2.46. The summed E-state index contributed by atoms with van der Waals surface area (Å²) in [5.74, 6) is 0. The topological polar surface area (TPSA) is 92.5 Å². The molecule has 1 aliphatic rings. The van der Waals surface area contributed by atoms with Gasteiger partial charge in [-0.2, -0.15) is 0 Å².